The van der Waals surface area contributed by atoms with Crippen LogP contribution in [0.25, 0.3) is 16.9 Å². The number of rotatable bonds is 6. The monoisotopic (exact) mass is 486 g/mol. The van der Waals surface area contributed by atoms with E-state index >= 15 is 0 Å². The van der Waals surface area contributed by atoms with E-state index in [9.17, 15) is 9.59 Å². The normalized spacial score (nSPS) is 10.7. The highest BCUT2D eigenvalue weighted by Gasteiger charge is 2.16. The maximum atomic E-state index is 12.7. The van der Waals surface area contributed by atoms with Gasteiger partial charge in [-0.05, 0) is 41.3 Å². The van der Waals surface area contributed by atoms with Gasteiger partial charge in [0.1, 0.15) is 5.82 Å². The number of benzene rings is 2. The van der Waals surface area contributed by atoms with Gasteiger partial charge in [0.2, 0.25) is 0 Å². The maximum Gasteiger partial charge on any atom is 0.324 e. The first kappa shape index (κ1) is 21.9. The lowest BCUT2D eigenvalue weighted by Crippen LogP contribution is -2.21. The predicted octanol–water partition coefficient (Wildman–Crippen LogP) is 6.18. The van der Waals surface area contributed by atoms with Crippen molar-refractivity contribution in [2.45, 2.75) is 6.42 Å². The largest absolute Gasteiger partial charge is 0.481 e. The van der Waals surface area contributed by atoms with E-state index in [2.05, 4.69) is 15.7 Å². The minimum atomic E-state index is -0.907. The molecule has 10 heteroatoms. The topological polar surface area (TPSA) is 96.2 Å². The molecule has 2 aromatic carbocycles. The van der Waals surface area contributed by atoms with Gasteiger partial charge < -0.3 is 10.4 Å². The van der Waals surface area contributed by atoms with Gasteiger partial charge in [-0.15, -0.1) is 0 Å². The van der Waals surface area contributed by atoms with Crippen LogP contribution in [0.15, 0.2) is 65.4 Å². The van der Waals surface area contributed by atoms with Crippen LogP contribution in [0.5, 0.6) is 0 Å². The summed E-state index contributed by atoms with van der Waals surface area (Å²) in [6.45, 7) is 0. The van der Waals surface area contributed by atoms with Crippen LogP contribution in [0.4, 0.5) is 16.3 Å². The molecule has 2 aromatic heterocycles. The van der Waals surface area contributed by atoms with E-state index < -0.39 is 12.0 Å². The number of nitrogens with one attached hydrogen (secondary N) is 2. The van der Waals surface area contributed by atoms with Crippen molar-refractivity contribution in [2.24, 2.45) is 0 Å². The zero-order valence-corrected chi connectivity index (χ0v) is 18.7. The quantitative estimate of drug-likeness (QED) is 0.303. The van der Waals surface area contributed by atoms with Crippen molar-refractivity contribution < 1.29 is 14.7 Å². The molecule has 0 fully saturated rings. The van der Waals surface area contributed by atoms with E-state index in [1.165, 1.54) is 11.3 Å². The lowest BCUT2D eigenvalue weighted by atomic mass is 10.1. The summed E-state index contributed by atoms with van der Waals surface area (Å²) in [6, 6.07) is 15.0. The molecule has 162 valence electrons. The zero-order valence-electron chi connectivity index (χ0n) is 16.4. The van der Waals surface area contributed by atoms with E-state index in [0.717, 1.165) is 5.56 Å². The summed E-state index contributed by atoms with van der Waals surface area (Å²) >= 11 is 13.7. The molecule has 3 N–H and O–H groups in total. The Morgan fingerprint density at radius 1 is 1.06 bits per heavy atom. The molecule has 4 aromatic rings. The van der Waals surface area contributed by atoms with Crippen molar-refractivity contribution in [1.82, 2.24) is 9.78 Å². The van der Waals surface area contributed by atoms with Crippen LogP contribution in [0.3, 0.4) is 0 Å². The molecule has 0 saturated heterocycles. The molecule has 7 nitrogen and oxygen atoms in total. The number of nitrogens with zero attached hydrogens (tertiary/aromatic N) is 2. The summed E-state index contributed by atoms with van der Waals surface area (Å²) in [5, 5.41) is 23.5. The number of hydrogen-bond acceptors (Lipinski definition) is 4. The van der Waals surface area contributed by atoms with Crippen LogP contribution in [0.1, 0.15) is 5.56 Å². The first-order valence-electron chi connectivity index (χ1n) is 9.36. The molecule has 0 bridgehead atoms. The standard InChI is InChI=1S/C22H16Cl2N4O3S/c23-16-2-1-3-17(21(16)24)25-22(31)26-19-11-18(14-8-9-32-12-14)27-28(19)15-6-4-13(5-7-15)10-20(29)30/h1-9,11-12H,10H2,(H,29,30)(H2,25,26,31). The van der Waals surface area contributed by atoms with Crippen LogP contribution >= 0.6 is 34.5 Å². The highest BCUT2D eigenvalue weighted by Crippen LogP contribution is 2.30. The van der Waals surface area contributed by atoms with Gasteiger partial charge in [-0.2, -0.15) is 16.4 Å². The first-order valence-corrected chi connectivity index (χ1v) is 11.1. The van der Waals surface area contributed by atoms with Gasteiger partial charge in [0, 0.05) is 17.0 Å². The Morgan fingerprint density at radius 3 is 2.53 bits per heavy atom. The molecule has 4 rings (SSSR count). The Kier molecular flexibility index (Phi) is 6.45. The highest BCUT2D eigenvalue weighted by atomic mass is 35.5. The fraction of sp³-hybridized carbons (Fsp3) is 0.0455. The number of urea groups is 1. The van der Waals surface area contributed by atoms with Crippen molar-refractivity contribution in [3.63, 3.8) is 0 Å². The Hall–Kier alpha value is -3.33. The van der Waals surface area contributed by atoms with Gasteiger partial charge in [0.05, 0.1) is 33.5 Å². The second-order valence-corrected chi connectivity index (χ2v) is 8.32. The lowest BCUT2D eigenvalue weighted by molar-refractivity contribution is -0.136. The fourth-order valence-corrected chi connectivity index (χ4v) is 4.02. The third kappa shape index (κ3) is 4.94. The molecule has 0 aliphatic rings. The summed E-state index contributed by atoms with van der Waals surface area (Å²) in [5.74, 6) is -0.483. The summed E-state index contributed by atoms with van der Waals surface area (Å²) in [4.78, 5) is 23.6. The van der Waals surface area contributed by atoms with Gasteiger partial charge in [0.25, 0.3) is 0 Å². The second-order valence-electron chi connectivity index (χ2n) is 6.76. The first-order chi connectivity index (χ1) is 15.4. The summed E-state index contributed by atoms with van der Waals surface area (Å²) < 4.78 is 1.58. The number of carbonyl (C=O) groups excluding carboxylic acids is 1. The predicted molar refractivity (Wildman–Crippen MR) is 127 cm³/mol. The number of carboxylic acids is 1. The lowest BCUT2D eigenvalue weighted by Gasteiger charge is -2.11. The number of anilines is 2. The number of carboxylic acid groups (broad SMARTS) is 1. The molecular formula is C22H16Cl2N4O3S. The Labute approximate surface area is 197 Å². The number of carbonyl (C=O) groups is 2. The van der Waals surface area contributed by atoms with Gasteiger partial charge in [-0.25, -0.2) is 9.48 Å². The molecule has 0 spiro atoms. The molecule has 0 unspecified atom stereocenters. The molecule has 0 saturated carbocycles. The Morgan fingerprint density at radius 2 is 1.84 bits per heavy atom. The van der Waals surface area contributed by atoms with Crippen molar-refractivity contribution >= 4 is 58.0 Å². The molecule has 2 amide bonds. The average Bonchev–Trinajstić information content (AvgIpc) is 3.42. The van der Waals surface area contributed by atoms with Crippen molar-refractivity contribution in [2.75, 3.05) is 10.6 Å². The molecular weight excluding hydrogens is 471 g/mol. The number of hydrogen-bond donors (Lipinski definition) is 3. The van der Waals surface area contributed by atoms with Crippen LogP contribution in [0, 0.1) is 0 Å². The van der Waals surface area contributed by atoms with Crippen LogP contribution < -0.4 is 10.6 Å². The molecule has 0 aliphatic heterocycles. The van der Waals surface area contributed by atoms with Crippen molar-refractivity contribution in [3.8, 4) is 16.9 Å². The average molecular weight is 487 g/mol. The van der Waals surface area contributed by atoms with Gasteiger partial charge in [-0.3, -0.25) is 10.1 Å². The fourth-order valence-electron chi connectivity index (χ4n) is 3.02. The van der Waals surface area contributed by atoms with Crippen LogP contribution in [-0.4, -0.2) is 26.9 Å². The van der Waals surface area contributed by atoms with E-state index in [1.807, 2.05) is 16.8 Å². The molecule has 2 heterocycles. The molecule has 0 radical (unpaired) electrons. The molecule has 0 aliphatic carbocycles. The maximum absolute atomic E-state index is 12.7. The summed E-state index contributed by atoms with van der Waals surface area (Å²) in [5.41, 5.74) is 3.29. The van der Waals surface area contributed by atoms with E-state index in [-0.39, 0.29) is 11.4 Å². The molecule has 0 atom stereocenters. The number of thiophene rings is 1. The second kappa shape index (κ2) is 9.44. The van der Waals surface area contributed by atoms with Gasteiger partial charge in [0.15, 0.2) is 0 Å². The third-order valence-electron chi connectivity index (χ3n) is 4.50. The molecule has 32 heavy (non-hydrogen) atoms. The minimum absolute atomic E-state index is 0.0759. The highest BCUT2D eigenvalue weighted by molar-refractivity contribution is 7.08. The minimum Gasteiger partial charge on any atom is -0.481 e. The third-order valence-corrected chi connectivity index (χ3v) is 6.01. The van der Waals surface area contributed by atoms with Crippen LogP contribution in [0.2, 0.25) is 10.0 Å². The number of aromatic nitrogens is 2. The number of halogens is 2. The smallest absolute Gasteiger partial charge is 0.324 e. The van der Waals surface area contributed by atoms with Gasteiger partial charge >= 0.3 is 12.0 Å². The van der Waals surface area contributed by atoms with Crippen molar-refractivity contribution in [1.29, 1.82) is 0 Å². The number of aliphatic carboxylic acids is 1. The SMILES string of the molecule is O=C(O)Cc1ccc(-n2nc(-c3ccsc3)cc2NC(=O)Nc2cccc(Cl)c2Cl)cc1. The van der Waals surface area contributed by atoms with E-state index in [0.29, 0.717) is 33.5 Å². The Balaban J connectivity index is 1.63. The van der Waals surface area contributed by atoms with Crippen LogP contribution in [-0.2, 0) is 11.2 Å². The van der Waals surface area contributed by atoms with Gasteiger partial charge in [-0.1, -0.05) is 41.4 Å². The Bertz CT molecular complexity index is 1270. The van der Waals surface area contributed by atoms with E-state index in [1.54, 1.807) is 53.2 Å². The number of amides is 2. The zero-order chi connectivity index (χ0) is 22.7. The van der Waals surface area contributed by atoms with E-state index in [4.69, 9.17) is 28.3 Å². The summed E-state index contributed by atoms with van der Waals surface area (Å²) in [6.07, 6.45) is -0.0759. The summed E-state index contributed by atoms with van der Waals surface area (Å²) in [7, 11) is 0. The van der Waals surface area contributed by atoms with Crippen molar-refractivity contribution in [3.05, 3.63) is 81.0 Å².